The first-order valence-corrected chi connectivity index (χ1v) is 6.14. The van der Waals surface area contributed by atoms with Gasteiger partial charge < -0.3 is 15.2 Å². The molecule has 0 aromatic heterocycles. The molecular formula is C14H21NO3. The summed E-state index contributed by atoms with van der Waals surface area (Å²) in [5, 5.41) is 0. The van der Waals surface area contributed by atoms with Crippen LogP contribution in [-0.4, -0.2) is 26.5 Å². The minimum absolute atomic E-state index is 0.00588. The van der Waals surface area contributed by atoms with Crippen molar-refractivity contribution in [1.82, 2.24) is 0 Å². The Hall–Kier alpha value is -1.55. The molecule has 0 saturated heterocycles. The van der Waals surface area contributed by atoms with Gasteiger partial charge in [0.1, 0.15) is 17.1 Å². The Kier molecular flexibility index (Phi) is 5.65. The van der Waals surface area contributed by atoms with Gasteiger partial charge in [-0.3, -0.25) is 4.79 Å². The molecule has 4 nitrogen and oxygen atoms in total. The number of Topliss-reactive ketones (excluding diaryl/α,β-unsaturated/α-hetero) is 1. The van der Waals surface area contributed by atoms with Crippen molar-refractivity contribution in [2.75, 3.05) is 20.8 Å². The molecule has 1 aromatic rings. The molecule has 100 valence electrons. The molecule has 0 bridgehead atoms. The zero-order valence-electron chi connectivity index (χ0n) is 11.2. The van der Waals surface area contributed by atoms with Crippen LogP contribution in [0, 0.1) is 5.92 Å². The average molecular weight is 251 g/mol. The van der Waals surface area contributed by atoms with E-state index in [-0.39, 0.29) is 11.7 Å². The van der Waals surface area contributed by atoms with E-state index < -0.39 is 0 Å². The monoisotopic (exact) mass is 251 g/mol. The number of hydrogen-bond donors (Lipinski definition) is 1. The number of carbonyl (C=O) groups is 1. The fourth-order valence-corrected chi connectivity index (χ4v) is 2.00. The predicted octanol–water partition coefficient (Wildman–Crippen LogP) is 2.26. The van der Waals surface area contributed by atoms with Crippen LogP contribution >= 0.6 is 0 Å². The Labute approximate surface area is 108 Å². The van der Waals surface area contributed by atoms with Crippen molar-refractivity contribution in [1.29, 1.82) is 0 Å². The van der Waals surface area contributed by atoms with Crippen LogP contribution < -0.4 is 15.2 Å². The highest BCUT2D eigenvalue weighted by molar-refractivity contribution is 6.03. The Morgan fingerprint density at radius 1 is 1.28 bits per heavy atom. The van der Waals surface area contributed by atoms with Crippen molar-refractivity contribution >= 4 is 5.78 Å². The molecule has 1 unspecified atom stereocenters. The molecule has 1 aromatic carbocycles. The summed E-state index contributed by atoms with van der Waals surface area (Å²) in [5.74, 6) is 0.886. The number of carbonyl (C=O) groups excluding carboxylic acids is 1. The van der Waals surface area contributed by atoms with Gasteiger partial charge in [-0.2, -0.15) is 0 Å². The molecule has 18 heavy (non-hydrogen) atoms. The molecule has 0 saturated carbocycles. The Morgan fingerprint density at radius 3 is 2.22 bits per heavy atom. The van der Waals surface area contributed by atoms with Gasteiger partial charge >= 0.3 is 0 Å². The van der Waals surface area contributed by atoms with Crippen LogP contribution in [0.1, 0.15) is 30.1 Å². The van der Waals surface area contributed by atoms with Crippen molar-refractivity contribution in [2.45, 2.75) is 19.8 Å². The first-order valence-electron chi connectivity index (χ1n) is 6.14. The number of ketones is 1. The molecule has 0 aliphatic heterocycles. The molecule has 0 radical (unpaired) electrons. The lowest BCUT2D eigenvalue weighted by atomic mass is 9.92. The molecule has 1 atom stereocenters. The number of ether oxygens (including phenoxy) is 2. The second kappa shape index (κ2) is 7.01. The number of nitrogens with two attached hydrogens (primary N) is 1. The smallest absolute Gasteiger partial charge is 0.174 e. The van der Waals surface area contributed by atoms with Crippen molar-refractivity contribution in [3.8, 4) is 11.5 Å². The maximum atomic E-state index is 12.5. The molecule has 0 aliphatic carbocycles. The molecule has 0 fully saturated rings. The number of methoxy groups -OCH3 is 2. The zero-order chi connectivity index (χ0) is 13.5. The lowest BCUT2D eigenvalue weighted by molar-refractivity contribution is 0.0911. The van der Waals surface area contributed by atoms with Crippen LogP contribution in [0.3, 0.4) is 0 Å². The van der Waals surface area contributed by atoms with Crippen molar-refractivity contribution < 1.29 is 14.3 Å². The summed E-state index contributed by atoms with van der Waals surface area (Å²) in [6.07, 6.45) is 1.70. The van der Waals surface area contributed by atoms with Gasteiger partial charge in [0, 0.05) is 12.5 Å². The van der Waals surface area contributed by atoms with E-state index in [1.54, 1.807) is 32.4 Å². The number of rotatable bonds is 7. The zero-order valence-corrected chi connectivity index (χ0v) is 11.2. The summed E-state index contributed by atoms with van der Waals surface area (Å²) >= 11 is 0. The summed E-state index contributed by atoms with van der Waals surface area (Å²) in [5.41, 5.74) is 6.17. The normalized spacial score (nSPS) is 12.0. The molecule has 0 aliphatic rings. The van der Waals surface area contributed by atoms with Gasteiger partial charge in [0.05, 0.1) is 14.2 Å². The summed E-state index contributed by atoms with van der Waals surface area (Å²) in [6, 6.07) is 5.32. The highest BCUT2D eigenvalue weighted by atomic mass is 16.5. The lowest BCUT2D eigenvalue weighted by Gasteiger charge is -2.17. The minimum Gasteiger partial charge on any atom is -0.496 e. The summed E-state index contributed by atoms with van der Waals surface area (Å²) in [7, 11) is 3.09. The molecule has 0 amide bonds. The maximum Gasteiger partial charge on any atom is 0.174 e. The molecule has 1 rings (SSSR count). The van der Waals surface area contributed by atoms with Gasteiger partial charge in [0.25, 0.3) is 0 Å². The average Bonchev–Trinajstić information content (AvgIpc) is 2.42. The van der Waals surface area contributed by atoms with Gasteiger partial charge in [-0.1, -0.05) is 19.4 Å². The summed E-state index contributed by atoms with van der Waals surface area (Å²) in [6.45, 7) is 2.38. The van der Waals surface area contributed by atoms with E-state index in [2.05, 4.69) is 0 Å². The van der Waals surface area contributed by atoms with Gasteiger partial charge in [0.2, 0.25) is 0 Å². The SMILES string of the molecule is CCCC(CN)C(=O)c1c(OC)cccc1OC. The highest BCUT2D eigenvalue weighted by Crippen LogP contribution is 2.31. The third-order valence-corrected chi connectivity index (χ3v) is 2.97. The van der Waals surface area contributed by atoms with Gasteiger partial charge in [0.15, 0.2) is 5.78 Å². The van der Waals surface area contributed by atoms with Crippen LogP contribution in [0.25, 0.3) is 0 Å². The second-order valence-corrected chi connectivity index (χ2v) is 4.12. The van der Waals surface area contributed by atoms with Crippen LogP contribution in [0.2, 0.25) is 0 Å². The van der Waals surface area contributed by atoms with Gasteiger partial charge in [-0.15, -0.1) is 0 Å². The third-order valence-electron chi connectivity index (χ3n) is 2.97. The van der Waals surface area contributed by atoms with Crippen molar-refractivity contribution in [3.05, 3.63) is 23.8 Å². The first kappa shape index (κ1) is 14.5. The Morgan fingerprint density at radius 2 is 1.83 bits per heavy atom. The third kappa shape index (κ3) is 3.01. The molecule has 0 heterocycles. The van der Waals surface area contributed by atoms with E-state index in [4.69, 9.17) is 15.2 Å². The lowest BCUT2D eigenvalue weighted by Crippen LogP contribution is -2.24. The standard InChI is InChI=1S/C14H21NO3/c1-4-6-10(9-15)14(16)13-11(17-2)7-5-8-12(13)18-3/h5,7-8,10H,4,6,9,15H2,1-3H3. The van der Waals surface area contributed by atoms with Gasteiger partial charge in [-0.05, 0) is 18.6 Å². The van der Waals surface area contributed by atoms with E-state index in [9.17, 15) is 4.79 Å². The van der Waals surface area contributed by atoms with E-state index in [1.165, 1.54) is 0 Å². The fraction of sp³-hybridized carbons (Fsp3) is 0.500. The number of hydrogen-bond acceptors (Lipinski definition) is 4. The number of benzene rings is 1. The highest BCUT2D eigenvalue weighted by Gasteiger charge is 2.24. The summed E-state index contributed by atoms with van der Waals surface area (Å²) < 4.78 is 10.5. The van der Waals surface area contributed by atoms with Crippen LogP contribution in [0.15, 0.2) is 18.2 Å². The van der Waals surface area contributed by atoms with Crippen LogP contribution in [0.5, 0.6) is 11.5 Å². The minimum atomic E-state index is -0.180. The Balaban J connectivity index is 3.16. The first-order chi connectivity index (χ1) is 8.69. The quantitative estimate of drug-likeness (QED) is 0.755. The van der Waals surface area contributed by atoms with Crippen molar-refractivity contribution in [3.63, 3.8) is 0 Å². The van der Waals surface area contributed by atoms with E-state index >= 15 is 0 Å². The molecule has 2 N–H and O–H groups in total. The maximum absolute atomic E-state index is 12.5. The van der Waals surface area contributed by atoms with E-state index in [1.807, 2.05) is 6.92 Å². The van der Waals surface area contributed by atoms with Gasteiger partial charge in [-0.25, -0.2) is 0 Å². The topological polar surface area (TPSA) is 61.6 Å². The van der Waals surface area contributed by atoms with Crippen LogP contribution in [-0.2, 0) is 0 Å². The molecule has 4 heteroatoms. The largest absolute Gasteiger partial charge is 0.496 e. The second-order valence-electron chi connectivity index (χ2n) is 4.12. The fourth-order valence-electron chi connectivity index (χ4n) is 2.00. The molecular weight excluding hydrogens is 230 g/mol. The Bertz CT molecular complexity index is 382. The van der Waals surface area contributed by atoms with Crippen LogP contribution in [0.4, 0.5) is 0 Å². The van der Waals surface area contributed by atoms with E-state index in [0.29, 0.717) is 23.6 Å². The summed E-state index contributed by atoms with van der Waals surface area (Å²) in [4.78, 5) is 12.5. The van der Waals surface area contributed by atoms with Crippen molar-refractivity contribution in [2.24, 2.45) is 11.7 Å². The molecule has 0 spiro atoms. The predicted molar refractivity (Wildman–Crippen MR) is 71.3 cm³/mol. The van der Waals surface area contributed by atoms with E-state index in [0.717, 1.165) is 12.8 Å².